The number of nitriles is 4. The van der Waals surface area contributed by atoms with Gasteiger partial charge in [0.25, 0.3) is 0 Å². The molecule has 240 valence electrons. The van der Waals surface area contributed by atoms with E-state index in [1.807, 2.05) is 24.3 Å². The van der Waals surface area contributed by atoms with Gasteiger partial charge in [0.1, 0.15) is 23.6 Å². The Kier molecular flexibility index (Phi) is 7.28. The van der Waals surface area contributed by atoms with Crippen LogP contribution in [-0.2, 0) is 12.4 Å². The third kappa shape index (κ3) is 5.03. The van der Waals surface area contributed by atoms with Crippen LogP contribution < -0.4 is 0 Å². The van der Waals surface area contributed by atoms with Crippen LogP contribution in [0.5, 0.6) is 0 Å². The normalized spacial score (nSPS) is 14.1. The highest BCUT2D eigenvalue weighted by atomic mass is 19.4. The van der Waals surface area contributed by atoms with Crippen molar-refractivity contribution in [3.8, 4) is 69.0 Å². The summed E-state index contributed by atoms with van der Waals surface area (Å²) in [6.07, 6.45) is -9.04. The quantitative estimate of drug-likeness (QED) is 0.137. The predicted molar refractivity (Wildman–Crippen MR) is 168 cm³/mol. The van der Waals surface area contributed by atoms with Gasteiger partial charge in [-0.05, 0) is 69.8 Å². The Balaban J connectivity index is 1.43. The average Bonchev–Trinajstić information content (AvgIpc) is 3.59. The second-order valence-electron chi connectivity index (χ2n) is 11.6. The van der Waals surface area contributed by atoms with E-state index in [0.29, 0.717) is 44.5 Å². The molecule has 0 amide bonds. The predicted octanol–water partition coefficient (Wildman–Crippen LogP) is 9.45. The first-order valence-corrected chi connectivity index (χ1v) is 14.8. The van der Waals surface area contributed by atoms with Crippen molar-refractivity contribution in [2.45, 2.75) is 18.3 Å². The fourth-order valence-electron chi connectivity index (χ4n) is 6.46. The summed E-state index contributed by atoms with van der Waals surface area (Å²) in [6.45, 7) is 0. The lowest BCUT2D eigenvalue weighted by molar-refractivity contribution is -0.138. The van der Waals surface area contributed by atoms with E-state index in [0.717, 1.165) is 24.3 Å². The number of aromatic nitrogens is 2. The van der Waals surface area contributed by atoms with Crippen LogP contribution in [0.1, 0.15) is 39.6 Å². The molecule has 12 heteroatoms. The van der Waals surface area contributed by atoms with Crippen molar-refractivity contribution >= 4 is 5.57 Å². The summed E-state index contributed by atoms with van der Waals surface area (Å²) >= 11 is 0. The van der Waals surface area contributed by atoms with Crippen LogP contribution in [0, 0.1) is 51.2 Å². The van der Waals surface area contributed by atoms with Gasteiger partial charge in [-0.25, -0.2) is 9.97 Å². The Morgan fingerprint density at radius 2 is 1.06 bits per heavy atom. The molecule has 0 spiro atoms. The third-order valence-corrected chi connectivity index (χ3v) is 8.82. The first kappa shape index (κ1) is 31.8. The van der Waals surface area contributed by atoms with Crippen molar-refractivity contribution in [1.29, 1.82) is 21.0 Å². The van der Waals surface area contributed by atoms with Gasteiger partial charge in [0.15, 0.2) is 0 Å². The molecule has 1 aromatic heterocycles. The average molecular weight is 671 g/mol. The molecule has 50 heavy (non-hydrogen) atoms. The van der Waals surface area contributed by atoms with Gasteiger partial charge in [0.2, 0.25) is 0 Å². The van der Waals surface area contributed by atoms with Crippen LogP contribution >= 0.6 is 0 Å². The van der Waals surface area contributed by atoms with Gasteiger partial charge in [0.05, 0.1) is 52.0 Å². The lowest BCUT2D eigenvalue weighted by Crippen LogP contribution is -2.11. The van der Waals surface area contributed by atoms with Crippen LogP contribution in [0.3, 0.4) is 0 Å². The SMILES string of the molecule is N#CC(C#N)=C1c2ccc(-c3ccc(C(F)(F)F)cc3)cc2-c2nc3c(nc21)-c1cc(-c2ccc(C(F)(F)F)cc2)ccc1C3C(C#N)C#N. The summed E-state index contributed by atoms with van der Waals surface area (Å²) in [6, 6.07) is 26.9. The van der Waals surface area contributed by atoms with Crippen LogP contribution in [0.25, 0.3) is 50.3 Å². The molecule has 1 unspecified atom stereocenters. The number of benzene rings is 4. The Morgan fingerprint density at radius 3 is 1.56 bits per heavy atom. The Hall–Kier alpha value is -6.76. The van der Waals surface area contributed by atoms with Crippen molar-refractivity contribution in [3.63, 3.8) is 0 Å². The first-order valence-electron chi connectivity index (χ1n) is 14.8. The number of alkyl halides is 6. The zero-order chi connectivity index (χ0) is 35.5. The maximum atomic E-state index is 13.2. The van der Waals surface area contributed by atoms with Gasteiger partial charge in [-0.15, -0.1) is 0 Å². The monoisotopic (exact) mass is 670 g/mol. The minimum absolute atomic E-state index is 0.179. The van der Waals surface area contributed by atoms with Gasteiger partial charge in [0, 0.05) is 16.7 Å². The molecular weight excluding hydrogens is 654 g/mol. The summed E-state index contributed by atoms with van der Waals surface area (Å²) < 4.78 is 79.3. The number of hydrogen-bond acceptors (Lipinski definition) is 6. The van der Waals surface area contributed by atoms with E-state index in [2.05, 4.69) is 0 Å². The van der Waals surface area contributed by atoms with Crippen LogP contribution in [0.4, 0.5) is 26.3 Å². The van der Waals surface area contributed by atoms with E-state index < -0.39 is 35.3 Å². The molecule has 0 bridgehead atoms. The van der Waals surface area contributed by atoms with E-state index >= 15 is 0 Å². The molecule has 6 nitrogen and oxygen atoms in total. The van der Waals surface area contributed by atoms with Crippen LogP contribution in [-0.4, -0.2) is 9.97 Å². The highest BCUT2D eigenvalue weighted by Gasteiger charge is 2.41. The molecule has 4 aromatic carbocycles. The highest BCUT2D eigenvalue weighted by molar-refractivity contribution is 6.03. The maximum absolute atomic E-state index is 13.2. The standard InChI is InChI=1S/C38H16F6N6/c39-37(40,41)25-7-1-19(2-8-25)21-5-11-27-29(13-21)33-35(31(27)23(15-45)16-46)50-34-30-14-22(20-3-9-26(10-4-20)38(42,43)44)6-12-28(30)32(36(34)49-33)24(17-47)18-48/h1-14,23,31H. The minimum atomic E-state index is -4.52. The number of halogens is 6. The summed E-state index contributed by atoms with van der Waals surface area (Å²) in [4.78, 5) is 9.82. The third-order valence-electron chi connectivity index (χ3n) is 8.82. The fourth-order valence-corrected chi connectivity index (χ4v) is 6.46. The van der Waals surface area contributed by atoms with E-state index in [9.17, 15) is 47.4 Å². The second kappa shape index (κ2) is 11.4. The Morgan fingerprint density at radius 1 is 0.560 bits per heavy atom. The summed E-state index contributed by atoms with van der Waals surface area (Å²) in [5.74, 6) is -2.07. The molecule has 0 N–H and O–H groups in total. The lowest BCUT2D eigenvalue weighted by atomic mass is 9.87. The summed E-state index contributed by atoms with van der Waals surface area (Å²) in [5.41, 5.74) is 3.16. The molecule has 1 atom stereocenters. The second-order valence-corrected chi connectivity index (χ2v) is 11.6. The van der Waals surface area contributed by atoms with E-state index in [1.165, 1.54) is 24.3 Å². The van der Waals surface area contributed by atoms with Crippen molar-refractivity contribution in [2.75, 3.05) is 0 Å². The van der Waals surface area contributed by atoms with Crippen LogP contribution in [0.15, 0.2) is 90.5 Å². The van der Waals surface area contributed by atoms with Gasteiger partial charge >= 0.3 is 12.4 Å². The lowest BCUT2D eigenvalue weighted by Gasteiger charge is -2.14. The summed E-state index contributed by atoms with van der Waals surface area (Å²) in [5, 5.41) is 39.7. The number of rotatable bonds is 3. The zero-order valence-electron chi connectivity index (χ0n) is 25.2. The molecule has 0 saturated heterocycles. The zero-order valence-corrected chi connectivity index (χ0v) is 25.2. The Labute approximate surface area is 280 Å². The number of nitrogens with zero attached hydrogens (tertiary/aromatic N) is 6. The van der Waals surface area contributed by atoms with Gasteiger partial charge in [-0.3, -0.25) is 0 Å². The van der Waals surface area contributed by atoms with Crippen molar-refractivity contribution in [1.82, 2.24) is 9.97 Å². The molecule has 0 aliphatic heterocycles. The molecule has 1 heterocycles. The van der Waals surface area contributed by atoms with Crippen molar-refractivity contribution < 1.29 is 26.3 Å². The van der Waals surface area contributed by atoms with Gasteiger partial charge in [-0.1, -0.05) is 48.5 Å². The smallest absolute Gasteiger partial charge is 0.247 e. The highest BCUT2D eigenvalue weighted by Crippen LogP contribution is 2.52. The molecule has 2 aliphatic carbocycles. The Bertz CT molecular complexity index is 2420. The number of hydrogen-bond donors (Lipinski definition) is 0. The molecule has 0 saturated carbocycles. The van der Waals surface area contributed by atoms with Crippen molar-refractivity contribution in [3.05, 3.63) is 124 Å². The van der Waals surface area contributed by atoms with Gasteiger partial charge in [-0.2, -0.15) is 47.4 Å². The largest absolute Gasteiger partial charge is 0.416 e. The number of allylic oxidation sites excluding steroid dienone is 1. The molecule has 2 aliphatic rings. The van der Waals surface area contributed by atoms with E-state index in [4.69, 9.17) is 9.97 Å². The van der Waals surface area contributed by atoms with Gasteiger partial charge < -0.3 is 0 Å². The molecule has 7 rings (SSSR count). The molecular formula is C38H16F6N6. The van der Waals surface area contributed by atoms with Crippen molar-refractivity contribution in [2.24, 2.45) is 5.92 Å². The minimum Gasteiger partial charge on any atom is -0.247 e. The molecule has 5 aromatic rings. The topological polar surface area (TPSA) is 121 Å². The first-order chi connectivity index (χ1) is 23.9. The van der Waals surface area contributed by atoms with Crippen LogP contribution in [0.2, 0.25) is 0 Å². The molecule has 0 fully saturated rings. The van der Waals surface area contributed by atoms with E-state index in [-0.39, 0.29) is 33.9 Å². The maximum Gasteiger partial charge on any atom is 0.416 e. The van der Waals surface area contributed by atoms with E-state index in [1.54, 1.807) is 36.4 Å². The fraction of sp³-hybridized carbons (Fsp3) is 0.105. The number of fused-ring (bicyclic) bond motifs is 6. The molecule has 0 radical (unpaired) electrons. The summed E-state index contributed by atoms with van der Waals surface area (Å²) in [7, 11) is 0.